The van der Waals surface area contributed by atoms with Crippen molar-refractivity contribution in [2.45, 2.75) is 19.8 Å². The van der Waals surface area contributed by atoms with Crippen LogP contribution in [0.5, 0.6) is 0 Å². The van der Waals surface area contributed by atoms with Crippen molar-refractivity contribution in [3.8, 4) is 0 Å². The van der Waals surface area contributed by atoms with Gasteiger partial charge in [0.05, 0.1) is 10.7 Å². The van der Waals surface area contributed by atoms with Gasteiger partial charge in [0.1, 0.15) is 5.82 Å². The normalized spacial score (nSPS) is 19.5. The minimum Gasteiger partial charge on any atom is -0.370 e. The van der Waals surface area contributed by atoms with Crippen molar-refractivity contribution >= 4 is 17.3 Å². The van der Waals surface area contributed by atoms with Gasteiger partial charge in [-0.15, -0.1) is 0 Å². The molecule has 0 saturated carbocycles. The van der Waals surface area contributed by atoms with Gasteiger partial charge >= 0.3 is 0 Å². The van der Waals surface area contributed by atoms with Crippen LogP contribution in [0.1, 0.15) is 19.8 Å². The van der Waals surface area contributed by atoms with E-state index in [1.165, 1.54) is 12.1 Å². The van der Waals surface area contributed by atoms with Gasteiger partial charge in [-0.05, 0) is 50.0 Å². The second kappa shape index (κ2) is 6.39. The third-order valence-corrected chi connectivity index (χ3v) is 3.71. The zero-order chi connectivity index (χ0) is 13.0. The lowest BCUT2D eigenvalue weighted by Crippen LogP contribution is -2.27. The predicted octanol–water partition coefficient (Wildman–Crippen LogP) is 3.31. The number of rotatable bonds is 5. The lowest BCUT2D eigenvalue weighted by Gasteiger charge is -2.20. The highest BCUT2D eigenvalue weighted by Crippen LogP contribution is 2.30. The van der Waals surface area contributed by atoms with Crippen molar-refractivity contribution in [2.24, 2.45) is 5.92 Å². The molecular weight excluding hydrogens is 251 g/mol. The lowest BCUT2D eigenvalue weighted by molar-refractivity contribution is 0.516. The Labute approximate surface area is 113 Å². The Morgan fingerprint density at radius 1 is 1.50 bits per heavy atom. The van der Waals surface area contributed by atoms with Crippen LogP contribution in [0.2, 0.25) is 5.02 Å². The van der Waals surface area contributed by atoms with E-state index in [2.05, 4.69) is 17.1 Å². The quantitative estimate of drug-likeness (QED) is 0.826. The van der Waals surface area contributed by atoms with Crippen LogP contribution in [0.3, 0.4) is 0 Å². The average molecular weight is 271 g/mol. The number of nitrogens with zero attached hydrogens (tertiary/aromatic N) is 1. The van der Waals surface area contributed by atoms with Crippen LogP contribution in [-0.2, 0) is 0 Å². The Morgan fingerprint density at radius 3 is 3.11 bits per heavy atom. The summed E-state index contributed by atoms with van der Waals surface area (Å²) in [4.78, 5) is 2.18. The number of nitrogens with one attached hydrogen (secondary N) is 1. The Morgan fingerprint density at radius 2 is 2.33 bits per heavy atom. The van der Waals surface area contributed by atoms with Crippen molar-refractivity contribution in [1.82, 2.24) is 5.32 Å². The van der Waals surface area contributed by atoms with Gasteiger partial charge in [0.15, 0.2) is 0 Å². The number of hydrogen-bond donors (Lipinski definition) is 1. The molecule has 1 aromatic carbocycles. The van der Waals surface area contributed by atoms with Gasteiger partial charge in [-0.2, -0.15) is 0 Å². The van der Waals surface area contributed by atoms with Crippen molar-refractivity contribution in [3.63, 3.8) is 0 Å². The topological polar surface area (TPSA) is 15.3 Å². The molecule has 0 spiro atoms. The Kier molecular flexibility index (Phi) is 4.84. The summed E-state index contributed by atoms with van der Waals surface area (Å²) < 4.78 is 13.2. The van der Waals surface area contributed by atoms with Crippen LogP contribution in [0, 0.1) is 11.7 Å². The van der Waals surface area contributed by atoms with Crippen LogP contribution < -0.4 is 10.2 Å². The summed E-state index contributed by atoms with van der Waals surface area (Å²) in [5.41, 5.74) is 0.828. The maximum atomic E-state index is 13.2. The first-order valence-electron chi connectivity index (χ1n) is 6.61. The highest BCUT2D eigenvalue weighted by atomic mass is 35.5. The molecule has 18 heavy (non-hydrogen) atoms. The van der Waals surface area contributed by atoms with Crippen LogP contribution in [0.4, 0.5) is 10.1 Å². The van der Waals surface area contributed by atoms with E-state index < -0.39 is 0 Å². The minimum absolute atomic E-state index is 0.220. The van der Waals surface area contributed by atoms with Crippen LogP contribution >= 0.6 is 11.6 Å². The molecule has 1 fully saturated rings. The average Bonchev–Trinajstić information content (AvgIpc) is 2.81. The number of halogens is 2. The first kappa shape index (κ1) is 13.6. The van der Waals surface area contributed by atoms with Crippen molar-refractivity contribution in [2.75, 3.05) is 31.1 Å². The predicted molar refractivity (Wildman–Crippen MR) is 74.9 cm³/mol. The SMILES string of the molecule is CCCNCC1CCN(c2cc(F)ccc2Cl)C1. The van der Waals surface area contributed by atoms with Crippen molar-refractivity contribution in [3.05, 3.63) is 29.0 Å². The summed E-state index contributed by atoms with van der Waals surface area (Å²) in [6, 6.07) is 4.57. The van der Waals surface area contributed by atoms with E-state index in [1.54, 1.807) is 6.07 Å². The van der Waals surface area contributed by atoms with Gasteiger partial charge in [0.25, 0.3) is 0 Å². The molecule has 0 radical (unpaired) electrons. The number of anilines is 1. The molecule has 0 amide bonds. The molecule has 1 heterocycles. The summed E-state index contributed by atoms with van der Waals surface area (Å²) in [6.45, 7) is 6.19. The van der Waals surface area contributed by atoms with E-state index in [9.17, 15) is 4.39 Å². The molecule has 1 aromatic rings. The molecule has 100 valence electrons. The van der Waals surface area contributed by atoms with Gasteiger partial charge < -0.3 is 10.2 Å². The number of hydrogen-bond acceptors (Lipinski definition) is 2. The third-order valence-electron chi connectivity index (χ3n) is 3.39. The zero-order valence-electron chi connectivity index (χ0n) is 10.8. The van der Waals surface area contributed by atoms with Gasteiger partial charge in [-0.3, -0.25) is 0 Å². The van der Waals surface area contributed by atoms with E-state index >= 15 is 0 Å². The molecule has 2 nitrogen and oxygen atoms in total. The summed E-state index contributed by atoms with van der Waals surface area (Å²) >= 11 is 6.13. The molecule has 1 aliphatic heterocycles. The van der Waals surface area contributed by atoms with Crippen molar-refractivity contribution in [1.29, 1.82) is 0 Å². The molecule has 2 rings (SSSR count). The Hall–Kier alpha value is -0.800. The fourth-order valence-corrected chi connectivity index (χ4v) is 2.67. The van der Waals surface area contributed by atoms with E-state index in [-0.39, 0.29) is 5.82 Å². The van der Waals surface area contributed by atoms with Gasteiger partial charge in [0.2, 0.25) is 0 Å². The van der Waals surface area contributed by atoms with Gasteiger partial charge in [-0.25, -0.2) is 4.39 Å². The molecule has 0 bridgehead atoms. The summed E-state index contributed by atoms with van der Waals surface area (Å²) in [7, 11) is 0. The third kappa shape index (κ3) is 3.36. The number of benzene rings is 1. The summed E-state index contributed by atoms with van der Waals surface area (Å²) in [5, 5.41) is 4.08. The smallest absolute Gasteiger partial charge is 0.125 e. The molecule has 1 atom stereocenters. The molecule has 1 saturated heterocycles. The monoisotopic (exact) mass is 270 g/mol. The van der Waals surface area contributed by atoms with E-state index in [1.807, 2.05) is 0 Å². The van der Waals surface area contributed by atoms with E-state index in [0.29, 0.717) is 10.9 Å². The highest BCUT2D eigenvalue weighted by molar-refractivity contribution is 6.33. The fourth-order valence-electron chi connectivity index (χ4n) is 2.43. The second-order valence-electron chi connectivity index (χ2n) is 4.90. The second-order valence-corrected chi connectivity index (χ2v) is 5.31. The lowest BCUT2D eigenvalue weighted by atomic mass is 10.1. The first-order valence-corrected chi connectivity index (χ1v) is 6.99. The Balaban J connectivity index is 1.93. The van der Waals surface area contributed by atoms with Crippen LogP contribution in [0.25, 0.3) is 0 Å². The molecule has 1 N–H and O–H groups in total. The van der Waals surface area contributed by atoms with Crippen LogP contribution in [-0.4, -0.2) is 26.2 Å². The van der Waals surface area contributed by atoms with Crippen LogP contribution in [0.15, 0.2) is 18.2 Å². The molecular formula is C14H20ClFN2. The summed E-state index contributed by atoms with van der Waals surface area (Å²) in [6.07, 6.45) is 2.30. The minimum atomic E-state index is -0.220. The van der Waals surface area contributed by atoms with Gasteiger partial charge in [-0.1, -0.05) is 18.5 Å². The fraction of sp³-hybridized carbons (Fsp3) is 0.571. The Bertz CT molecular complexity index is 397. The molecule has 4 heteroatoms. The van der Waals surface area contributed by atoms with E-state index in [4.69, 9.17) is 11.6 Å². The maximum Gasteiger partial charge on any atom is 0.125 e. The van der Waals surface area contributed by atoms with Gasteiger partial charge in [0, 0.05) is 13.1 Å². The van der Waals surface area contributed by atoms with Crippen molar-refractivity contribution < 1.29 is 4.39 Å². The zero-order valence-corrected chi connectivity index (χ0v) is 11.5. The van der Waals surface area contributed by atoms with E-state index in [0.717, 1.165) is 44.7 Å². The standard InChI is InChI=1S/C14H20ClFN2/c1-2-6-17-9-11-5-7-18(10-11)14-8-12(16)3-4-13(14)15/h3-4,8,11,17H,2,5-7,9-10H2,1H3. The molecule has 1 unspecified atom stereocenters. The largest absolute Gasteiger partial charge is 0.370 e. The first-order chi connectivity index (χ1) is 8.70. The molecule has 1 aliphatic rings. The molecule has 0 aromatic heterocycles. The summed E-state index contributed by atoms with van der Waals surface area (Å²) in [5.74, 6) is 0.415. The molecule has 0 aliphatic carbocycles. The maximum absolute atomic E-state index is 13.2. The highest BCUT2D eigenvalue weighted by Gasteiger charge is 2.23.